The van der Waals surface area contributed by atoms with Crippen molar-refractivity contribution in [1.29, 1.82) is 0 Å². The van der Waals surface area contributed by atoms with Gasteiger partial charge in [-0.2, -0.15) is 0 Å². The van der Waals surface area contributed by atoms with Crippen LogP contribution in [0.15, 0.2) is 0 Å². The van der Waals surface area contributed by atoms with Crippen molar-refractivity contribution in [3.05, 3.63) is 0 Å². The topological polar surface area (TPSA) is 29.3 Å². The van der Waals surface area contributed by atoms with Gasteiger partial charge in [0.25, 0.3) is 0 Å². The van der Waals surface area contributed by atoms with Gasteiger partial charge in [-0.05, 0) is 57.4 Å². The van der Waals surface area contributed by atoms with Crippen LogP contribution in [0.25, 0.3) is 0 Å². The molecule has 0 aromatic heterocycles. The van der Waals surface area contributed by atoms with Gasteiger partial charge >= 0.3 is 0 Å². The van der Waals surface area contributed by atoms with Crippen LogP contribution in [0.2, 0.25) is 0 Å². The van der Waals surface area contributed by atoms with Gasteiger partial charge < -0.3 is 5.73 Å². The molecule has 2 saturated carbocycles. The monoisotopic (exact) mass is 238 g/mol. The zero-order valence-electron chi connectivity index (χ0n) is 11.7. The Balaban J connectivity index is 1.78. The molecule has 0 aromatic carbocycles. The molecule has 2 nitrogen and oxygen atoms in total. The molecule has 0 aromatic rings. The first-order valence-corrected chi connectivity index (χ1v) is 7.68. The zero-order chi connectivity index (χ0) is 12.3. The Kier molecular flexibility index (Phi) is 4.87. The van der Waals surface area contributed by atoms with E-state index in [1.54, 1.807) is 0 Å². The molecule has 100 valence electrons. The van der Waals surface area contributed by atoms with Crippen molar-refractivity contribution in [3.63, 3.8) is 0 Å². The molecule has 0 radical (unpaired) electrons. The second-order valence-electron chi connectivity index (χ2n) is 6.27. The van der Waals surface area contributed by atoms with Crippen LogP contribution in [0.3, 0.4) is 0 Å². The predicted molar refractivity (Wildman–Crippen MR) is 74.0 cm³/mol. The van der Waals surface area contributed by atoms with Crippen LogP contribution in [0, 0.1) is 11.8 Å². The van der Waals surface area contributed by atoms with Crippen LogP contribution in [0.4, 0.5) is 0 Å². The van der Waals surface area contributed by atoms with Crippen LogP contribution in [-0.2, 0) is 0 Å². The van der Waals surface area contributed by atoms with Crippen molar-refractivity contribution in [2.24, 2.45) is 17.6 Å². The summed E-state index contributed by atoms with van der Waals surface area (Å²) in [5.41, 5.74) is 5.95. The highest BCUT2D eigenvalue weighted by Gasteiger charge is 2.36. The first-order chi connectivity index (χ1) is 8.26. The number of nitrogens with two attached hydrogens (primary N) is 1. The van der Waals surface area contributed by atoms with E-state index in [1.807, 2.05) is 0 Å². The third kappa shape index (κ3) is 3.45. The molecule has 0 saturated heterocycles. The van der Waals surface area contributed by atoms with E-state index >= 15 is 0 Å². The average molecular weight is 238 g/mol. The van der Waals surface area contributed by atoms with Gasteiger partial charge in [-0.25, -0.2) is 0 Å². The van der Waals surface area contributed by atoms with E-state index in [4.69, 9.17) is 5.73 Å². The Labute approximate surface area is 107 Å². The minimum absolute atomic E-state index is 0.669. The summed E-state index contributed by atoms with van der Waals surface area (Å²) < 4.78 is 0. The Morgan fingerprint density at radius 2 is 1.76 bits per heavy atom. The summed E-state index contributed by atoms with van der Waals surface area (Å²) in [6.45, 7) is 3.17. The molecule has 1 atom stereocenters. The van der Waals surface area contributed by atoms with Crippen molar-refractivity contribution in [2.45, 2.75) is 70.4 Å². The first-order valence-electron chi connectivity index (χ1n) is 7.68. The molecule has 2 N–H and O–H groups in total. The lowest BCUT2D eigenvalue weighted by atomic mass is 9.82. The Hall–Kier alpha value is -0.0800. The molecule has 2 aliphatic rings. The van der Waals surface area contributed by atoms with E-state index in [0.717, 1.165) is 24.4 Å². The molecule has 0 bridgehead atoms. The number of rotatable bonds is 6. The summed E-state index contributed by atoms with van der Waals surface area (Å²) in [7, 11) is 2.32. The largest absolute Gasteiger partial charge is 0.329 e. The molecule has 0 aliphatic heterocycles. The van der Waals surface area contributed by atoms with Crippen LogP contribution >= 0.6 is 0 Å². The molecular formula is C15H30N2. The van der Waals surface area contributed by atoms with E-state index in [-0.39, 0.29) is 0 Å². The van der Waals surface area contributed by atoms with Crippen molar-refractivity contribution in [2.75, 3.05) is 13.6 Å². The van der Waals surface area contributed by atoms with Crippen molar-refractivity contribution >= 4 is 0 Å². The smallest absolute Gasteiger partial charge is 0.0246 e. The zero-order valence-corrected chi connectivity index (χ0v) is 11.7. The summed E-state index contributed by atoms with van der Waals surface area (Å²) in [6.07, 6.45) is 11.3. The number of nitrogens with zero attached hydrogens (tertiary/aromatic N) is 1. The summed E-state index contributed by atoms with van der Waals surface area (Å²) >= 11 is 0. The molecule has 2 aliphatic carbocycles. The highest BCUT2D eigenvalue weighted by molar-refractivity contribution is 4.91. The normalized spacial score (nSPS) is 31.8. The van der Waals surface area contributed by atoms with Crippen LogP contribution < -0.4 is 5.73 Å². The molecule has 2 rings (SSSR count). The summed E-state index contributed by atoms with van der Waals surface area (Å²) in [4.78, 5) is 2.62. The second kappa shape index (κ2) is 6.19. The highest BCUT2D eigenvalue weighted by atomic mass is 15.2. The van der Waals surface area contributed by atoms with Crippen molar-refractivity contribution in [3.8, 4) is 0 Å². The first kappa shape index (κ1) is 13.4. The third-order valence-electron chi connectivity index (χ3n) is 5.02. The van der Waals surface area contributed by atoms with Crippen molar-refractivity contribution in [1.82, 2.24) is 4.90 Å². The van der Waals surface area contributed by atoms with Gasteiger partial charge in [0.1, 0.15) is 0 Å². The molecule has 0 heterocycles. The van der Waals surface area contributed by atoms with Crippen LogP contribution in [-0.4, -0.2) is 30.6 Å². The van der Waals surface area contributed by atoms with E-state index in [0.29, 0.717) is 6.04 Å². The highest BCUT2D eigenvalue weighted by Crippen LogP contribution is 2.37. The minimum atomic E-state index is 0.669. The molecule has 0 spiro atoms. The molecule has 1 unspecified atom stereocenters. The lowest BCUT2D eigenvalue weighted by Crippen LogP contribution is -2.46. The van der Waals surface area contributed by atoms with Gasteiger partial charge in [0, 0.05) is 18.6 Å². The van der Waals surface area contributed by atoms with Crippen LogP contribution in [0.5, 0.6) is 0 Å². The predicted octanol–water partition coefficient (Wildman–Crippen LogP) is 3.01. The van der Waals surface area contributed by atoms with E-state index in [1.165, 1.54) is 51.4 Å². The number of hydrogen-bond donors (Lipinski definition) is 1. The van der Waals surface area contributed by atoms with Crippen LogP contribution in [0.1, 0.15) is 58.3 Å². The minimum Gasteiger partial charge on any atom is -0.329 e. The lowest BCUT2D eigenvalue weighted by Gasteiger charge is -2.39. The standard InChI is InChI=1S/C15H30N2/c1-3-4-12-5-9-14(10-6-12)17(2)15(11-16)13-7-8-13/h12-15H,3-11,16H2,1-2H3. The average Bonchev–Trinajstić information content (AvgIpc) is 3.16. The lowest BCUT2D eigenvalue weighted by molar-refractivity contribution is 0.110. The maximum absolute atomic E-state index is 5.95. The van der Waals surface area contributed by atoms with E-state index in [2.05, 4.69) is 18.9 Å². The molecule has 17 heavy (non-hydrogen) atoms. The summed E-state index contributed by atoms with van der Waals surface area (Å²) in [5, 5.41) is 0. The Morgan fingerprint density at radius 1 is 1.12 bits per heavy atom. The maximum atomic E-state index is 5.95. The summed E-state index contributed by atoms with van der Waals surface area (Å²) in [5.74, 6) is 1.93. The Morgan fingerprint density at radius 3 is 2.24 bits per heavy atom. The van der Waals surface area contributed by atoms with Gasteiger partial charge in [0.15, 0.2) is 0 Å². The van der Waals surface area contributed by atoms with Gasteiger partial charge in [-0.1, -0.05) is 19.8 Å². The van der Waals surface area contributed by atoms with Gasteiger partial charge in [0.05, 0.1) is 0 Å². The molecular weight excluding hydrogens is 208 g/mol. The fourth-order valence-electron chi connectivity index (χ4n) is 3.69. The van der Waals surface area contributed by atoms with Crippen molar-refractivity contribution < 1.29 is 0 Å². The molecule has 0 amide bonds. The summed E-state index contributed by atoms with van der Waals surface area (Å²) in [6, 6.07) is 1.49. The molecule has 2 heteroatoms. The second-order valence-corrected chi connectivity index (χ2v) is 6.27. The fraction of sp³-hybridized carbons (Fsp3) is 1.00. The van der Waals surface area contributed by atoms with E-state index < -0.39 is 0 Å². The van der Waals surface area contributed by atoms with E-state index in [9.17, 15) is 0 Å². The number of likely N-dealkylation sites (N-methyl/N-ethyl adjacent to an activating group) is 1. The third-order valence-corrected chi connectivity index (χ3v) is 5.02. The molecule has 2 fully saturated rings. The Bertz CT molecular complexity index is 217. The quantitative estimate of drug-likeness (QED) is 0.771. The maximum Gasteiger partial charge on any atom is 0.0246 e. The van der Waals surface area contributed by atoms with Gasteiger partial charge in [-0.3, -0.25) is 4.90 Å². The van der Waals surface area contributed by atoms with Gasteiger partial charge in [0.2, 0.25) is 0 Å². The SMILES string of the molecule is CCCC1CCC(N(C)C(CN)C2CC2)CC1. The van der Waals surface area contributed by atoms with Gasteiger partial charge in [-0.15, -0.1) is 0 Å². The number of hydrogen-bond acceptors (Lipinski definition) is 2. The fourth-order valence-corrected chi connectivity index (χ4v) is 3.69.